The van der Waals surface area contributed by atoms with E-state index in [1.54, 1.807) is 36.4 Å². The molecule has 0 saturated heterocycles. The van der Waals surface area contributed by atoms with Crippen molar-refractivity contribution in [1.29, 1.82) is 0 Å². The molecule has 0 aliphatic rings. The second kappa shape index (κ2) is 9.51. The van der Waals surface area contributed by atoms with Crippen molar-refractivity contribution in [3.8, 4) is 0 Å². The van der Waals surface area contributed by atoms with Crippen LogP contribution >= 0.6 is 22.6 Å². The molecule has 29 heavy (non-hydrogen) atoms. The van der Waals surface area contributed by atoms with Gasteiger partial charge in [0.25, 0.3) is 0 Å². The molecule has 0 heterocycles. The Morgan fingerprint density at radius 3 is 2.17 bits per heavy atom. The minimum Gasteiger partial charge on any atom is -0.326 e. The maximum Gasteiger partial charge on any atom is 0.241 e. The van der Waals surface area contributed by atoms with Crippen LogP contribution in [0.2, 0.25) is 0 Å². The van der Waals surface area contributed by atoms with Crippen LogP contribution in [0, 0.1) is 10.5 Å². The van der Waals surface area contributed by atoms with E-state index in [0.29, 0.717) is 5.69 Å². The lowest BCUT2D eigenvalue weighted by Crippen LogP contribution is -2.31. The van der Waals surface area contributed by atoms with Crippen LogP contribution in [-0.4, -0.2) is 14.3 Å². The maximum atomic E-state index is 12.9. The molecular formula is C22H21IN2O3S. The summed E-state index contributed by atoms with van der Waals surface area (Å²) in [5, 5.41) is 2.83. The van der Waals surface area contributed by atoms with Gasteiger partial charge in [-0.15, -0.1) is 0 Å². The van der Waals surface area contributed by atoms with E-state index >= 15 is 0 Å². The molecule has 0 aliphatic heterocycles. The number of sulfonamides is 1. The third-order valence-electron chi connectivity index (χ3n) is 4.35. The largest absolute Gasteiger partial charge is 0.326 e. The van der Waals surface area contributed by atoms with Gasteiger partial charge in [-0.05, 0) is 71.5 Å². The average molecular weight is 520 g/mol. The van der Waals surface area contributed by atoms with E-state index < -0.39 is 16.1 Å². The fourth-order valence-corrected chi connectivity index (χ4v) is 4.40. The van der Waals surface area contributed by atoms with Crippen molar-refractivity contribution >= 4 is 44.2 Å². The fourth-order valence-electron chi connectivity index (χ4n) is 2.82. The molecule has 7 heteroatoms. The van der Waals surface area contributed by atoms with Crippen LogP contribution in [0.3, 0.4) is 0 Å². The number of carbonyl (C=O) groups is 1. The van der Waals surface area contributed by atoms with E-state index in [1.165, 1.54) is 0 Å². The molecule has 0 saturated carbocycles. The van der Waals surface area contributed by atoms with Gasteiger partial charge in [0.05, 0.1) is 10.9 Å². The molecular weight excluding hydrogens is 499 g/mol. The van der Waals surface area contributed by atoms with Gasteiger partial charge < -0.3 is 5.32 Å². The smallest absolute Gasteiger partial charge is 0.241 e. The number of halogens is 1. The molecule has 1 atom stereocenters. The highest BCUT2D eigenvalue weighted by atomic mass is 127. The highest BCUT2D eigenvalue weighted by Crippen LogP contribution is 2.22. The highest BCUT2D eigenvalue weighted by molar-refractivity contribution is 14.1. The van der Waals surface area contributed by atoms with Crippen LogP contribution in [0.1, 0.15) is 23.6 Å². The molecule has 150 valence electrons. The number of aryl methyl sites for hydroxylation is 1. The van der Waals surface area contributed by atoms with Crippen molar-refractivity contribution < 1.29 is 13.2 Å². The predicted octanol–water partition coefficient (Wildman–Crippen LogP) is 4.65. The van der Waals surface area contributed by atoms with Gasteiger partial charge in [0, 0.05) is 15.7 Å². The van der Waals surface area contributed by atoms with Crippen molar-refractivity contribution in [3.63, 3.8) is 0 Å². The summed E-state index contributed by atoms with van der Waals surface area (Å²) in [6.07, 6.45) is -0.0267. The number of hydrogen-bond acceptors (Lipinski definition) is 3. The summed E-state index contributed by atoms with van der Waals surface area (Å²) in [7, 11) is -3.78. The lowest BCUT2D eigenvalue weighted by molar-refractivity contribution is -0.116. The molecule has 3 rings (SSSR count). The van der Waals surface area contributed by atoms with Gasteiger partial charge in [-0.3, -0.25) is 4.79 Å². The minimum absolute atomic E-state index is 0.0267. The molecule has 1 amide bonds. The molecule has 0 unspecified atom stereocenters. The Bertz CT molecular complexity index is 1070. The molecule has 5 nitrogen and oxygen atoms in total. The van der Waals surface area contributed by atoms with E-state index in [-0.39, 0.29) is 17.2 Å². The molecule has 0 fully saturated rings. The van der Waals surface area contributed by atoms with E-state index in [9.17, 15) is 13.2 Å². The number of hydrogen-bond donors (Lipinski definition) is 2. The standard InChI is InChI=1S/C22H21IN2O3S/c1-16-7-13-20(14-8-16)29(27,28)25-21(17-5-3-2-4-6-17)15-22(26)24-19-11-9-18(23)10-12-19/h2-14,21,25H,15H2,1H3,(H,24,26)/t21-/m1/s1. The zero-order chi connectivity index (χ0) is 20.9. The first-order valence-electron chi connectivity index (χ1n) is 9.03. The maximum absolute atomic E-state index is 12.9. The first kappa shape index (κ1) is 21.5. The number of nitrogens with one attached hydrogen (secondary N) is 2. The number of amides is 1. The topological polar surface area (TPSA) is 75.3 Å². The summed E-state index contributed by atoms with van der Waals surface area (Å²) in [5.41, 5.74) is 2.37. The van der Waals surface area contributed by atoms with Gasteiger partial charge >= 0.3 is 0 Å². The van der Waals surface area contributed by atoms with Crippen molar-refractivity contribution in [3.05, 3.63) is 93.6 Å². The Morgan fingerprint density at radius 2 is 1.55 bits per heavy atom. The van der Waals surface area contributed by atoms with Gasteiger partial charge in [-0.25, -0.2) is 13.1 Å². The Kier molecular flexibility index (Phi) is 7.05. The van der Waals surface area contributed by atoms with E-state index in [4.69, 9.17) is 0 Å². The molecule has 0 bridgehead atoms. The molecule has 0 spiro atoms. The fraction of sp³-hybridized carbons (Fsp3) is 0.136. The summed E-state index contributed by atoms with van der Waals surface area (Å²) in [4.78, 5) is 12.8. The SMILES string of the molecule is Cc1ccc(S(=O)(=O)N[C@H](CC(=O)Nc2ccc(I)cc2)c2ccccc2)cc1. The van der Waals surface area contributed by atoms with Crippen LogP contribution < -0.4 is 10.0 Å². The molecule has 0 aromatic heterocycles. The third kappa shape index (κ3) is 6.12. The lowest BCUT2D eigenvalue weighted by Gasteiger charge is -2.19. The zero-order valence-electron chi connectivity index (χ0n) is 15.8. The van der Waals surface area contributed by atoms with Crippen molar-refractivity contribution in [1.82, 2.24) is 4.72 Å². The highest BCUT2D eigenvalue weighted by Gasteiger charge is 2.23. The zero-order valence-corrected chi connectivity index (χ0v) is 18.8. The monoisotopic (exact) mass is 520 g/mol. The van der Waals surface area contributed by atoms with Crippen LogP contribution in [0.15, 0.2) is 83.8 Å². The molecule has 0 aliphatic carbocycles. The van der Waals surface area contributed by atoms with Gasteiger partial charge in [-0.1, -0.05) is 48.0 Å². The van der Waals surface area contributed by atoms with Crippen molar-refractivity contribution in [2.24, 2.45) is 0 Å². The third-order valence-corrected chi connectivity index (χ3v) is 6.55. The summed E-state index contributed by atoms with van der Waals surface area (Å²) in [6, 6.07) is 22.4. The summed E-state index contributed by atoms with van der Waals surface area (Å²) in [6.45, 7) is 1.89. The number of benzene rings is 3. The number of anilines is 1. The average Bonchev–Trinajstić information content (AvgIpc) is 2.70. The molecule has 3 aromatic carbocycles. The van der Waals surface area contributed by atoms with Crippen LogP contribution in [-0.2, 0) is 14.8 Å². The minimum atomic E-state index is -3.78. The Labute approximate surface area is 184 Å². The van der Waals surface area contributed by atoms with E-state index in [1.807, 2.05) is 49.4 Å². The predicted molar refractivity (Wildman–Crippen MR) is 123 cm³/mol. The van der Waals surface area contributed by atoms with E-state index in [0.717, 1.165) is 14.7 Å². The second-order valence-corrected chi connectivity index (χ2v) is 9.62. The Morgan fingerprint density at radius 1 is 0.931 bits per heavy atom. The van der Waals surface area contributed by atoms with E-state index in [2.05, 4.69) is 32.6 Å². The van der Waals surface area contributed by atoms with Crippen LogP contribution in [0.4, 0.5) is 5.69 Å². The normalized spacial score (nSPS) is 12.3. The number of rotatable bonds is 7. The summed E-state index contributed by atoms with van der Waals surface area (Å²) >= 11 is 2.19. The van der Waals surface area contributed by atoms with Gasteiger partial charge in [0.1, 0.15) is 0 Å². The first-order chi connectivity index (χ1) is 13.8. The van der Waals surface area contributed by atoms with Gasteiger partial charge in [0.15, 0.2) is 0 Å². The number of carbonyl (C=O) groups excluding carboxylic acids is 1. The summed E-state index contributed by atoms with van der Waals surface area (Å²) < 4.78 is 29.5. The van der Waals surface area contributed by atoms with Crippen LogP contribution in [0.25, 0.3) is 0 Å². The quantitative estimate of drug-likeness (QED) is 0.446. The van der Waals surface area contributed by atoms with Crippen molar-refractivity contribution in [2.45, 2.75) is 24.3 Å². The Balaban J connectivity index is 1.80. The van der Waals surface area contributed by atoms with Gasteiger partial charge in [-0.2, -0.15) is 0 Å². The van der Waals surface area contributed by atoms with Gasteiger partial charge in [0.2, 0.25) is 15.9 Å². The molecule has 0 radical (unpaired) electrons. The summed E-state index contributed by atoms with van der Waals surface area (Å²) in [5.74, 6) is -0.272. The van der Waals surface area contributed by atoms with Crippen molar-refractivity contribution in [2.75, 3.05) is 5.32 Å². The molecule has 2 N–H and O–H groups in total. The van der Waals surface area contributed by atoms with Crippen LogP contribution in [0.5, 0.6) is 0 Å². The Hall–Kier alpha value is -2.23. The molecule has 3 aromatic rings. The lowest BCUT2D eigenvalue weighted by atomic mass is 10.0. The first-order valence-corrected chi connectivity index (χ1v) is 11.6. The second-order valence-electron chi connectivity index (χ2n) is 6.66.